The number of carbonyl (C=O) groups is 2. The van der Waals surface area contributed by atoms with Gasteiger partial charge in [-0.1, -0.05) is 17.3 Å². The average Bonchev–Trinajstić information content (AvgIpc) is 3.19. The highest BCUT2D eigenvalue weighted by Crippen LogP contribution is 2.27. The maximum Gasteiger partial charge on any atom is 0.340 e. The van der Waals surface area contributed by atoms with Crippen LogP contribution in [0.2, 0.25) is 0 Å². The molecule has 1 N–H and O–H groups in total. The normalized spacial score (nSPS) is 11.6. The molecule has 7 nitrogen and oxygen atoms in total. The summed E-state index contributed by atoms with van der Waals surface area (Å²) in [4.78, 5) is 25.9. The Bertz CT molecular complexity index is 1030. The number of ether oxygens (including phenoxy) is 2. The van der Waals surface area contributed by atoms with Gasteiger partial charge in [-0.25, -0.2) is 4.79 Å². The lowest BCUT2D eigenvalue weighted by Gasteiger charge is -2.15. The molecule has 0 radical (unpaired) electrons. The second kappa shape index (κ2) is 10.7. The molecule has 1 amide bonds. The maximum absolute atomic E-state index is 12.7. The first-order valence-corrected chi connectivity index (χ1v) is 10.8. The molecule has 0 aliphatic rings. The molecule has 0 fully saturated rings. The summed E-state index contributed by atoms with van der Waals surface area (Å²) in [5.74, 6) is 0.980. The molecule has 3 rings (SSSR count). The van der Waals surface area contributed by atoms with Crippen molar-refractivity contribution in [1.29, 1.82) is 0 Å². The number of nitrogens with one attached hydrogen (secondary N) is 1. The van der Waals surface area contributed by atoms with Crippen LogP contribution in [0.5, 0.6) is 5.75 Å². The third-order valence-electron chi connectivity index (χ3n) is 4.24. The number of anilines is 1. The van der Waals surface area contributed by atoms with E-state index in [-0.39, 0.29) is 0 Å². The summed E-state index contributed by atoms with van der Waals surface area (Å²) in [6, 6.07) is 15.9. The largest absolute Gasteiger partial charge is 0.494 e. The summed E-state index contributed by atoms with van der Waals surface area (Å²) in [6.45, 7) is 5.85. The molecule has 3 aromatic rings. The van der Waals surface area contributed by atoms with Crippen molar-refractivity contribution in [2.24, 2.45) is 0 Å². The molecule has 8 heteroatoms. The fourth-order valence-corrected chi connectivity index (χ4v) is 3.63. The highest BCUT2D eigenvalue weighted by atomic mass is 32.2. The smallest absolute Gasteiger partial charge is 0.340 e. The van der Waals surface area contributed by atoms with E-state index in [0.717, 1.165) is 16.3 Å². The van der Waals surface area contributed by atoms with Gasteiger partial charge in [-0.3, -0.25) is 4.79 Å². The minimum absolute atomic E-state index is 0.393. The number of hydrogen-bond acceptors (Lipinski definition) is 7. The summed E-state index contributed by atoms with van der Waals surface area (Å²) in [7, 11) is 0. The van der Waals surface area contributed by atoms with Crippen LogP contribution in [0.3, 0.4) is 0 Å². The average molecular weight is 441 g/mol. The van der Waals surface area contributed by atoms with Crippen molar-refractivity contribution in [1.82, 2.24) is 5.16 Å². The van der Waals surface area contributed by atoms with Crippen LogP contribution in [0.1, 0.15) is 35.7 Å². The highest BCUT2D eigenvalue weighted by Gasteiger charge is 2.21. The number of hydrogen-bond donors (Lipinski definition) is 1. The number of thioether (sulfide) groups is 1. The maximum atomic E-state index is 12.7. The lowest BCUT2D eigenvalue weighted by molar-refractivity contribution is -0.123. The number of aryl methyl sites for hydroxylation is 1. The van der Waals surface area contributed by atoms with Gasteiger partial charge in [-0.05, 0) is 57.2 Å². The first-order chi connectivity index (χ1) is 15.0. The topological polar surface area (TPSA) is 90.7 Å². The number of aromatic nitrogens is 1. The predicted octanol–water partition coefficient (Wildman–Crippen LogP) is 4.86. The minimum atomic E-state index is -0.964. The Morgan fingerprint density at radius 2 is 1.90 bits per heavy atom. The number of carbonyl (C=O) groups excluding carboxylic acids is 2. The van der Waals surface area contributed by atoms with Crippen molar-refractivity contribution in [2.45, 2.75) is 37.5 Å². The molecule has 0 saturated carbocycles. The fraction of sp³-hybridized carbons (Fsp3) is 0.261. The second-order valence-electron chi connectivity index (χ2n) is 6.71. The highest BCUT2D eigenvalue weighted by molar-refractivity contribution is 7.98. The van der Waals surface area contributed by atoms with E-state index < -0.39 is 18.0 Å². The first-order valence-electron chi connectivity index (χ1n) is 9.85. The van der Waals surface area contributed by atoms with Gasteiger partial charge < -0.3 is 19.3 Å². The first kappa shape index (κ1) is 22.4. The Labute approximate surface area is 185 Å². The van der Waals surface area contributed by atoms with E-state index in [1.54, 1.807) is 36.4 Å². The van der Waals surface area contributed by atoms with Gasteiger partial charge in [0.05, 0.1) is 23.6 Å². The zero-order valence-electron chi connectivity index (χ0n) is 17.6. The molecule has 0 aliphatic carbocycles. The Kier molecular flexibility index (Phi) is 7.72. The monoisotopic (exact) mass is 440 g/mol. The molecule has 162 valence electrons. The predicted molar refractivity (Wildman–Crippen MR) is 118 cm³/mol. The van der Waals surface area contributed by atoms with Gasteiger partial charge in [0.1, 0.15) is 11.5 Å². The van der Waals surface area contributed by atoms with Gasteiger partial charge in [0.25, 0.3) is 5.91 Å². The van der Waals surface area contributed by atoms with Crippen LogP contribution in [-0.4, -0.2) is 29.7 Å². The van der Waals surface area contributed by atoms with E-state index in [1.165, 1.54) is 18.7 Å². The lowest BCUT2D eigenvalue weighted by atomic mass is 10.2. The van der Waals surface area contributed by atoms with E-state index in [1.807, 2.05) is 32.0 Å². The van der Waals surface area contributed by atoms with E-state index in [2.05, 4.69) is 10.5 Å². The second-order valence-corrected chi connectivity index (χ2v) is 7.73. The molecular formula is C23H24N2O5S. The molecule has 1 unspecified atom stereocenters. The number of rotatable bonds is 9. The van der Waals surface area contributed by atoms with Crippen LogP contribution in [0.25, 0.3) is 0 Å². The van der Waals surface area contributed by atoms with Gasteiger partial charge in [0.2, 0.25) is 0 Å². The summed E-state index contributed by atoms with van der Waals surface area (Å²) in [6.07, 6.45) is -0.964. The number of amides is 1. The van der Waals surface area contributed by atoms with Crippen molar-refractivity contribution in [3.05, 3.63) is 71.6 Å². The van der Waals surface area contributed by atoms with Crippen LogP contribution < -0.4 is 10.1 Å². The van der Waals surface area contributed by atoms with Crippen LogP contribution in [-0.2, 0) is 15.3 Å². The summed E-state index contributed by atoms with van der Waals surface area (Å²) in [5, 5.41) is 6.60. The summed E-state index contributed by atoms with van der Waals surface area (Å²) >= 11 is 1.44. The third kappa shape index (κ3) is 6.36. The van der Waals surface area contributed by atoms with E-state index in [4.69, 9.17) is 14.0 Å². The molecular weight excluding hydrogens is 416 g/mol. The standard InChI is InChI=1S/C23H24N2O5S/c1-4-28-18-11-9-17(10-12-18)24-22(26)16(3)29-23(27)20-7-5-6-8-21(20)31-14-19-13-15(2)25-30-19/h5-13,16H,4,14H2,1-3H3,(H,24,26). The van der Waals surface area contributed by atoms with E-state index in [9.17, 15) is 9.59 Å². The molecule has 2 aromatic carbocycles. The third-order valence-corrected chi connectivity index (χ3v) is 5.34. The summed E-state index contributed by atoms with van der Waals surface area (Å²) in [5.41, 5.74) is 1.79. The molecule has 0 aliphatic heterocycles. The number of nitrogens with zero attached hydrogens (tertiary/aromatic N) is 1. The SMILES string of the molecule is CCOc1ccc(NC(=O)C(C)OC(=O)c2ccccc2SCc2cc(C)no2)cc1. The van der Waals surface area contributed by atoms with E-state index in [0.29, 0.717) is 29.4 Å². The van der Waals surface area contributed by atoms with Crippen molar-refractivity contribution in [3.8, 4) is 5.75 Å². The Morgan fingerprint density at radius 3 is 2.58 bits per heavy atom. The lowest BCUT2D eigenvalue weighted by Crippen LogP contribution is -2.30. The zero-order chi connectivity index (χ0) is 22.2. The quantitative estimate of drug-likeness (QED) is 0.375. The van der Waals surface area contributed by atoms with Gasteiger partial charge in [0, 0.05) is 16.6 Å². The number of esters is 1. The van der Waals surface area contributed by atoms with E-state index >= 15 is 0 Å². The molecule has 31 heavy (non-hydrogen) atoms. The van der Waals surface area contributed by atoms with Crippen molar-refractivity contribution >= 4 is 29.3 Å². The van der Waals surface area contributed by atoms with Gasteiger partial charge >= 0.3 is 5.97 Å². The van der Waals surface area contributed by atoms with Gasteiger partial charge in [-0.2, -0.15) is 0 Å². The van der Waals surface area contributed by atoms with Crippen LogP contribution in [0.4, 0.5) is 5.69 Å². The Morgan fingerprint density at radius 1 is 1.16 bits per heavy atom. The molecule has 1 heterocycles. The fourth-order valence-electron chi connectivity index (χ4n) is 2.72. The molecule has 1 aromatic heterocycles. The van der Waals surface area contributed by atoms with Crippen LogP contribution in [0.15, 0.2) is 64.0 Å². The van der Waals surface area contributed by atoms with Gasteiger partial charge in [0.15, 0.2) is 6.10 Å². The Hall–Kier alpha value is -3.26. The zero-order valence-corrected chi connectivity index (χ0v) is 18.4. The summed E-state index contributed by atoms with van der Waals surface area (Å²) < 4.78 is 16.0. The minimum Gasteiger partial charge on any atom is -0.494 e. The molecule has 1 atom stereocenters. The van der Waals surface area contributed by atoms with Crippen molar-refractivity contribution in [3.63, 3.8) is 0 Å². The van der Waals surface area contributed by atoms with Crippen LogP contribution in [0, 0.1) is 6.92 Å². The van der Waals surface area contributed by atoms with Crippen LogP contribution >= 0.6 is 11.8 Å². The number of benzene rings is 2. The molecule has 0 spiro atoms. The van der Waals surface area contributed by atoms with Crippen molar-refractivity contribution < 1.29 is 23.6 Å². The van der Waals surface area contributed by atoms with Crippen molar-refractivity contribution in [2.75, 3.05) is 11.9 Å². The Balaban J connectivity index is 1.59. The molecule has 0 bridgehead atoms. The van der Waals surface area contributed by atoms with Gasteiger partial charge in [-0.15, -0.1) is 11.8 Å². The molecule has 0 saturated heterocycles.